The van der Waals surface area contributed by atoms with Crippen LogP contribution in [0.2, 0.25) is 18.6 Å². The maximum Gasteiger partial charge on any atom is 0.305 e. The number of hydrogen-bond acceptors (Lipinski definition) is 8. The molecule has 2 aliphatic heterocycles. The van der Waals surface area contributed by atoms with E-state index in [-0.39, 0.29) is 53.8 Å². The molecule has 3 aromatic rings. The van der Waals surface area contributed by atoms with Crippen LogP contribution >= 0.6 is 0 Å². The number of rotatable bonds is 12. The van der Waals surface area contributed by atoms with Gasteiger partial charge in [-0.15, -0.1) is 0 Å². The number of aliphatic hydroxyl groups excluding tert-OH is 1. The van der Waals surface area contributed by atoms with E-state index < -0.39 is 13.7 Å². The highest BCUT2D eigenvalue weighted by Gasteiger charge is 2.66. The summed E-state index contributed by atoms with van der Waals surface area (Å²) >= 11 is 0. The Morgan fingerprint density at radius 1 is 1.02 bits per heavy atom. The number of fused-ring (bicyclic) bond motifs is 2. The van der Waals surface area contributed by atoms with E-state index in [4.69, 9.17) is 18.9 Å². The standard InChI is InChI=1S/C35H44N2O8Si/c1-23-32(46(5,6)26-15-13-25(42-2)14-16-26)29(18-21-38)45-35(23)27-22-24(36-20-9-10-30(43-3)33(36)40)12-17-28(27)37(34(35)41)19-8-7-11-31(39)44-4/h9-10,12-17,20,22-23,29,32,38H,7-8,11,18-19,21H2,1-6H3/t23-,29+,32-,35+/m1/s1. The Balaban J connectivity index is 1.62. The zero-order valence-corrected chi connectivity index (χ0v) is 28.4. The smallest absolute Gasteiger partial charge is 0.305 e. The van der Waals surface area contributed by atoms with E-state index in [9.17, 15) is 19.5 Å². The molecule has 246 valence electrons. The van der Waals surface area contributed by atoms with Crippen molar-refractivity contribution < 1.29 is 33.6 Å². The average molecular weight is 649 g/mol. The van der Waals surface area contributed by atoms with Crippen molar-refractivity contribution in [1.29, 1.82) is 0 Å². The van der Waals surface area contributed by atoms with Crippen molar-refractivity contribution in [2.24, 2.45) is 5.92 Å². The molecule has 0 unspecified atom stereocenters. The van der Waals surface area contributed by atoms with Crippen LogP contribution in [0.5, 0.6) is 11.5 Å². The molecule has 0 aliphatic carbocycles. The molecule has 0 saturated carbocycles. The molecule has 3 heterocycles. The van der Waals surface area contributed by atoms with Gasteiger partial charge < -0.3 is 29.0 Å². The normalized spacial score (nSPS) is 22.3. The lowest BCUT2D eigenvalue weighted by atomic mass is 9.82. The number of amides is 1. The Kier molecular flexibility index (Phi) is 9.76. The first-order valence-corrected chi connectivity index (χ1v) is 18.8. The maximum absolute atomic E-state index is 14.8. The fourth-order valence-electron chi connectivity index (χ4n) is 7.54. The summed E-state index contributed by atoms with van der Waals surface area (Å²) in [5.74, 6) is 0.285. The van der Waals surface area contributed by atoms with E-state index in [1.165, 1.54) is 24.0 Å². The van der Waals surface area contributed by atoms with Crippen molar-refractivity contribution in [2.45, 2.75) is 62.9 Å². The van der Waals surface area contributed by atoms with Gasteiger partial charge in [-0.05, 0) is 67.3 Å². The van der Waals surface area contributed by atoms with Gasteiger partial charge in [0, 0.05) is 42.9 Å². The summed E-state index contributed by atoms with van der Waals surface area (Å²) in [6.45, 7) is 7.00. The van der Waals surface area contributed by atoms with Crippen molar-refractivity contribution in [3.63, 3.8) is 0 Å². The number of esters is 1. The lowest BCUT2D eigenvalue weighted by Gasteiger charge is -2.37. The molecule has 2 aromatic carbocycles. The predicted molar refractivity (Wildman–Crippen MR) is 178 cm³/mol. The Labute approximate surface area is 270 Å². The Hall–Kier alpha value is -3.93. The second-order valence-corrected chi connectivity index (χ2v) is 17.3. The second kappa shape index (κ2) is 13.4. The van der Waals surface area contributed by atoms with E-state index >= 15 is 0 Å². The molecule has 0 radical (unpaired) electrons. The van der Waals surface area contributed by atoms with Crippen LogP contribution in [0.15, 0.2) is 65.6 Å². The number of nitrogens with zero attached hydrogens (tertiary/aromatic N) is 2. The zero-order chi connectivity index (χ0) is 33.2. The highest BCUT2D eigenvalue weighted by atomic mass is 28.3. The first kappa shape index (κ1) is 33.4. The summed E-state index contributed by atoms with van der Waals surface area (Å²) in [5.41, 5.74) is 0.362. The van der Waals surface area contributed by atoms with E-state index in [1.54, 1.807) is 30.3 Å². The maximum atomic E-state index is 14.8. The van der Waals surface area contributed by atoms with Gasteiger partial charge in [0.25, 0.3) is 11.5 Å². The summed E-state index contributed by atoms with van der Waals surface area (Å²) < 4.78 is 24.0. The molecule has 1 amide bonds. The molecule has 2 aliphatic rings. The lowest BCUT2D eigenvalue weighted by Crippen LogP contribution is -2.52. The Morgan fingerprint density at radius 3 is 2.41 bits per heavy atom. The van der Waals surface area contributed by atoms with Gasteiger partial charge in [0.2, 0.25) is 0 Å². The molecule has 1 aromatic heterocycles. The van der Waals surface area contributed by atoms with Crippen molar-refractivity contribution in [3.05, 3.63) is 76.7 Å². The summed E-state index contributed by atoms with van der Waals surface area (Å²) in [7, 11) is 2.12. The Morgan fingerprint density at radius 2 is 1.76 bits per heavy atom. The number of pyridine rings is 1. The third kappa shape index (κ3) is 5.65. The van der Waals surface area contributed by atoms with Gasteiger partial charge in [0.05, 0.1) is 41.2 Å². The summed E-state index contributed by atoms with van der Waals surface area (Å²) in [4.78, 5) is 41.6. The van der Waals surface area contributed by atoms with Gasteiger partial charge in [-0.25, -0.2) is 0 Å². The number of anilines is 1. The molecule has 1 fully saturated rings. The minimum absolute atomic E-state index is 0.0210. The van der Waals surface area contributed by atoms with Gasteiger partial charge in [0.1, 0.15) is 5.75 Å². The number of carbonyl (C=O) groups excluding carboxylic acids is 2. The highest BCUT2D eigenvalue weighted by Crippen LogP contribution is 2.60. The fraction of sp³-hybridized carbons (Fsp3) is 0.457. The molecule has 1 spiro atoms. The molecule has 0 bridgehead atoms. The van der Waals surface area contributed by atoms with Gasteiger partial charge in [-0.1, -0.05) is 37.3 Å². The first-order valence-electron chi connectivity index (χ1n) is 15.8. The monoisotopic (exact) mass is 648 g/mol. The number of aliphatic hydroxyl groups is 1. The molecule has 5 rings (SSSR count). The summed E-state index contributed by atoms with van der Waals surface area (Å²) in [6, 6.07) is 17.1. The van der Waals surface area contributed by atoms with E-state index in [2.05, 4.69) is 32.2 Å². The molecule has 10 nitrogen and oxygen atoms in total. The lowest BCUT2D eigenvalue weighted by molar-refractivity contribution is -0.146. The van der Waals surface area contributed by atoms with Crippen LogP contribution in [0, 0.1) is 5.92 Å². The number of unbranched alkanes of at least 4 members (excludes halogenated alkanes) is 1. The van der Waals surface area contributed by atoms with E-state index in [0.717, 1.165) is 11.4 Å². The molecular formula is C35H44N2O8Si. The van der Waals surface area contributed by atoms with Crippen molar-refractivity contribution in [1.82, 2.24) is 4.57 Å². The number of benzene rings is 2. The Bertz CT molecular complexity index is 1640. The number of methoxy groups -OCH3 is 3. The molecular weight excluding hydrogens is 604 g/mol. The third-order valence-electron chi connectivity index (χ3n) is 9.88. The van der Waals surface area contributed by atoms with Crippen LogP contribution in [0.3, 0.4) is 0 Å². The fourth-order valence-corrected chi connectivity index (χ4v) is 11.6. The van der Waals surface area contributed by atoms with Crippen LogP contribution in [-0.4, -0.2) is 70.2 Å². The summed E-state index contributed by atoms with van der Waals surface area (Å²) in [5, 5.41) is 11.4. The van der Waals surface area contributed by atoms with Gasteiger partial charge in [-0.2, -0.15) is 0 Å². The van der Waals surface area contributed by atoms with E-state index in [1.807, 2.05) is 30.3 Å². The number of ether oxygens (including phenoxy) is 4. The van der Waals surface area contributed by atoms with Crippen molar-refractivity contribution in [2.75, 3.05) is 39.4 Å². The number of hydrogen-bond donors (Lipinski definition) is 1. The van der Waals surface area contributed by atoms with E-state index in [0.29, 0.717) is 37.1 Å². The van der Waals surface area contributed by atoms with Crippen LogP contribution < -0.4 is 25.1 Å². The highest BCUT2D eigenvalue weighted by molar-refractivity contribution is 6.91. The molecule has 1 saturated heterocycles. The van der Waals surface area contributed by atoms with Crippen LogP contribution in [0.25, 0.3) is 5.69 Å². The van der Waals surface area contributed by atoms with Gasteiger partial charge >= 0.3 is 5.97 Å². The topological polar surface area (TPSA) is 117 Å². The average Bonchev–Trinajstić information content (AvgIpc) is 3.49. The zero-order valence-electron chi connectivity index (χ0n) is 27.4. The summed E-state index contributed by atoms with van der Waals surface area (Å²) in [6.07, 6.45) is 3.13. The molecule has 11 heteroatoms. The minimum Gasteiger partial charge on any atom is -0.497 e. The first-order chi connectivity index (χ1) is 22.0. The second-order valence-electron chi connectivity index (χ2n) is 12.6. The van der Waals surface area contributed by atoms with Crippen molar-refractivity contribution in [3.8, 4) is 17.2 Å². The number of aromatic nitrogens is 1. The largest absolute Gasteiger partial charge is 0.497 e. The quantitative estimate of drug-likeness (QED) is 0.177. The van der Waals surface area contributed by atoms with Crippen LogP contribution in [0.1, 0.15) is 38.2 Å². The SMILES string of the molecule is COC(=O)CCCCN1C(=O)[C@@]2(O[C@@H](CCO)[C@H]([Si](C)(C)c3ccc(OC)cc3)[C@H]2C)c2cc(-n3cccc(OC)c3=O)ccc21. The number of carbonyl (C=O) groups is 2. The van der Waals surface area contributed by atoms with Gasteiger partial charge in [-0.3, -0.25) is 19.0 Å². The predicted octanol–water partition coefficient (Wildman–Crippen LogP) is 4.14. The molecule has 1 N–H and O–H groups in total. The molecule has 46 heavy (non-hydrogen) atoms. The van der Waals surface area contributed by atoms with Crippen LogP contribution in [0.4, 0.5) is 5.69 Å². The molecule has 4 atom stereocenters. The van der Waals surface area contributed by atoms with Gasteiger partial charge in [0.15, 0.2) is 11.4 Å². The third-order valence-corrected chi connectivity index (χ3v) is 14.2. The minimum atomic E-state index is -2.34. The van der Waals surface area contributed by atoms with Crippen molar-refractivity contribution >= 4 is 30.8 Å². The van der Waals surface area contributed by atoms with Crippen LogP contribution in [-0.2, 0) is 24.7 Å².